The van der Waals surface area contributed by atoms with E-state index in [4.69, 9.17) is 0 Å². The first-order valence-corrected chi connectivity index (χ1v) is 6.06. The van der Waals surface area contributed by atoms with Crippen LogP contribution in [0.5, 0.6) is 0 Å². The van der Waals surface area contributed by atoms with Crippen molar-refractivity contribution < 1.29 is 14.6 Å². The van der Waals surface area contributed by atoms with Gasteiger partial charge in [0.25, 0.3) is 11.6 Å². The Balaban J connectivity index is 1.87. The summed E-state index contributed by atoms with van der Waals surface area (Å²) in [4.78, 5) is 34.5. The molecule has 1 aromatic carbocycles. The Morgan fingerprint density at radius 3 is 2.52 bits per heavy atom. The molecule has 0 aliphatic carbocycles. The number of hydrogen-bond acceptors (Lipinski definition) is 8. The Morgan fingerprint density at radius 2 is 1.96 bits per heavy atom. The summed E-state index contributed by atoms with van der Waals surface area (Å²) >= 11 is 0. The molecular formula is C11H9N7O5. The second-order valence-corrected chi connectivity index (χ2v) is 4.14. The van der Waals surface area contributed by atoms with Gasteiger partial charge in [0.1, 0.15) is 6.54 Å². The molecule has 23 heavy (non-hydrogen) atoms. The Kier molecular flexibility index (Phi) is 4.66. The molecule has 0 aliphatic heterocycles. The lowest BCUT2D eigenvalue weighted by Gasteiger charge is -1.97. The van der Waals surface area contributed by atoms with Crippen LogP contribution in [0.15, 0.2) is 35.7 Å². The Labute approximate surface area is 127 Å². The van der Waals surface area contributed by atoms with E-state index in [1.54, 1.807) is 0 Å². The minimum Gasteiger partial charge on any atom is -0.390 e. The number of non-ortho nitro benzene ring substituents is 1. The van der Waals surface area contributed by atoms with E-state index in [0.29, 0.717) is 5.56 Å². The summed E-state index contributed by atoms with van der Waals surface area (Å²) in [6.07, 6.45) is 2.35. The van der Waals surface area contributed by atoms with Crippen LogP contribution in [0.25, 0.3) is 0 Å². The third kappa shape index (κ3) is 4.38. The maximum atomic E-state index is 11.6. The fraction of sp³-hybridized carbons (Fsp3) is 0.0909. The highest BCUT2D eigenvalue weighted by Gasteiger charge is 2.14. The van der Waals surface area contributed by atoms with Gasteiger partial charge in [-0.25, -0.2) is 5.43 Å². The lowest BCUT2D eigenvalue weighted by atomic mass is 10.2. The molecule has 1 N–H and O–H groups in total. The van der Waals surface area contributed by atoms with Gasteiger partial charge in [-0.1, -0.05) is 4.98 Å². The summed E-state index contributed by atoms with van der Waals surface area (Å²) in [5, 5.41) is 28.0. The maximum Gasteiger partial charge on any atom is 0.490 e. The van der Waals surface area contributed by atoms with Gasteiger partial charge < -0.3 is 10.1 Å². The lowest BCUT2D eigenvalue weighted by molar-refractivity contribution is -0.394. The Bertz CT molecular complexity index is 767. The van der Waals surface area contributed by atoms with Gasteiger partial charge in [0.2, 0.25) is 6.33 Å². The van der Waals surface area contributed by atoms with Gasteiger partial charge in [0.15, 0.2) is 0 Å². The van der Waals surface area contributed by atoms with Crippen LogP contribution in [-0.2, 0) is 11.3 Å². The summed E-state index contributed by atoms with van der Waals surface area (Å²) in [6.45, 7) is -0.293. The predicted molar refractivity (Wildman–Crippen MR) is 75.5 cm³/mol. The van der Waals surface area contributed by atoms with Crippen LogP contribution in [0, 0.1) is 20.2 Å². The summed E-state index contributed by atoms with van der Waals surface area (Å²) in [5.41, 5.74) is 2.69. The first kappa shape index (κ1) is 15.7. The van der Waals surface area contributed by atoms with E-state index in [-0.39, 0.29) is 12.2 Å². The van der Waals surface area contributed by atoms with Crippen molar-refractivity contribution in [3.63, 3.8) is 0 Å². The molecule has 0 aliphatic rings. The molecule has 0 saturated heterocycles. The number of nitrogens with zero attached hydrogens (tertiary/aromatic N) is 6. The second kappa shape index (κ2) is 6.84. The van der Waals surface area contributed by atoms with Gasteiger partial charge in [-0.15, -0.1) is 0 Å². The van der Waals surface area contributed by atoms with Gasteiger partial charge in [-0.3, -0.25) is 14.9 Å². The van der Waals surface area contributed by atoms with E-state index in [1.165, 1.54) is 30.5 Å². The molecule has 2 rings (SSSR count). The van der Waals surface area contributed by atoms with Crippen LogP contribution in [0.2, 0.25) is 0 Å². The van der Waals surface area contributed by atoms with E-state index < -0.39 is 21.7 Å². The topological polar surface area (TPSA) is 158 Å². The Morgan fingerprint density at radius 1 is 1.26 bits per heavy atom. The molecule has 0 spiro atoms. The number of nitro benzene ring substituents is 1. The first-order valence-electron chi connectivity index (χ1n) is 6.06. The number of benzene rings is 1. The van der Waals surface area contributed by atoms with E-state index >= 15 is 0 Å². The zero-order chi connectivity index (χ0) is 16.8. The van der Waals surface area contributed by atoms with Crippen molar-refractivity contribution in [2.75, 3.05) is 0 Å². The van der Waals surface area contributed by atoms with Crippen molar-refractivity contribution >= 4 is 23.8 Å². The molecule has 1 amide bonds. The van der Waals surface area contributed by atoms with Crippen molar-refractivity contribution in [2.24, 2.45) is 5.10 Å². The fourth-order valence-corrected chi connectivity index (χ4v) is 1.49. The average Bonchev–Trinajstić information content (AvgIpc) is 2.96. The van der Waals surface area contributed by atoms with Crippen LogP contribution >= 0.6 is 0 Å². The van der Waals surface area contributed by atoms with Gasteiger partial charge >= 0.3 is 5.95 Å². The molecule has 12 heteroatoms. The fourth-order valence-electron chi connectivity index (χ4n) is 1.49. The van der Waals surface area contributed by atoms with Crippen LogP contribution in [0.4, 0.5) is 11.6 Å². The monoisotopic (exact) mass is 319 g/mol. The molecule has 0 saturated carbocycles. The summed E-state index contributed by atoms with van der Waals surface area (Å²) < 4.78 is 0.995. The number of carbonyl (C=O) groups excluding carboxylic acids is 1. The molecule has 0 radical (unpaired) electrons. The van der Waals surface area contributed by atoms with Gasteiger partial charge in [0.05, 0.1) is 11.1 Å². The smallest absolute Gasteiger partial charge is 0.390 e. The molecule has 1 heterocycles. The number of hydrogen-bond donors (Lipinski definition) is 1. The average molecular weight is 319 g/mol. The largest absolute Gasteiger partial charge is 0.490 e. The molecule has 12 nitrogen and oxygen atoms in total. The molecule has 118 valence electrons. The second-order valence-electron chi connectivity index (χ2n) is 4.14. The SMILES string of the molecule is O=C(Cn1cnc([N+](=O)[O-])n1)NN=Cc1ccc([N+](=O)[O-])cc1. The maximum absolute atomic E-state index is 11.6. The molecular weight excluding hydrogens is 310 g/mol. The van der Waals surface area contributed by atoms with Crippen LogP contribution in [0.1, 0.15) is 5.56 Å². The highest BCUT2D eigenvalue weighted by atomic mass is 16.6. The van der Waals surface area contributed by atoms with Crippen molar-refractivity contribution in [3.8, 4) is 0 Å². The van der Waals surface area contributed by atoms with Crippen molar-refractivity contribution in [1.29, 1.82) is 0 Å². The Hall–Kier alpha value is -3.70. The number of carbonyl (C=O) groups is 1. The molecule has 0 bridgehead atoms. The number of hydrazone groups is 1. The van der Waals surface area contributed by atoms with E-state index in [9.17, 15) is 25.0 Å². The molecule has 1 aromatic heterocycles. The van der Waals surface area contributed by atoms with Crippen LogP contribution in [-0.4, -0.2) is 36.7 Å². The number of nitro groups is 2. The van der Waals surface area contributed by atoms with Crippen molar-refractivity contribution in [1.82, 2.24) is 20.2 Å². The van der Waals surface area contributed by atoms with Crippen LogP contribution < -0.4 is 5.43 Å². The number of rotatable bonds is 6. The van der Waals surface area contributed by atoms with Crippen molar-refractivity contribution in [3.05, 3.63) is 56.4 Å². The third-order valence-corrected chi connectivity index (χ3v) is 2.50. The quantitative estimate of drug-likeness (QED) is 0.453. The number of nitrogens with one attached hydrogen (secondary N) is 1. The molecule has 2 aromatic rings. The van der Waals surface area contributed by atoms with Gasteiger partial charge in [0, 0.05) is 17.2 Å². The number of amides is 1. The van der Waals surface area contributed by atoms with Crippen LogP contribution in [0.3, 0.4) is 0 Å². The molecule has 0 atom stereocenters. The standard InChI is InChI=1S/C11H9N7O5/c19-10(6-16-7-12-11(15-16)18(22)23)14-13-5-8-1-3-9(4-2-8)17(20)21/h1-5,7H,6H2,(H,14,19). The first-order chi connectivity index (χ1) is 11.0. The van der Waals surface area contributed by atoms with E-state index in [1.807, 2.05) is 0 Å². The highest BCUT2D eigenvalue weighted by molar-refractivity contribution is 5.82. The highest BCUT2D eigenvalue weighted by Crippen LogP contribution is 2.10. The van der Waals surface area contributed by atoms with Gasteiger partial charge in [-0.2, -0.15) is 9.78 Å². The zero-order valence-electron chi connectivity index (χ0n) is 11.4. The zero-order valence-corrected chi connectivity index (χ0v) is 11.4. The molecule has 0 unspecified atom stereocenters. The lowest BCUT2D eigenvalue weighted by Crippen LogP contribution is -2.23. The summed E-state index contributed by atoms with van der Waals surface area (Å²) in [6, 6.07) is 5.54. The normalized spacial score (nSPS) is 10.6. The molecule has 0 fully saturated rings. The minimum absolute atomic E-state index is 0.0565. The third-order valence-electron chi connectivity index (χ3n) is 2.50. The van der Waals surface area contributed by atoms with Crippen molar-refractivity contribution in [2.45, 2.75) is 6.54 Å². The predicted octanol–water partition coefficient (Wildman–Crippen LogP) is 0.245. The van der Waals surface area contributed by atoms with E-state index in [2.05, 4.69) is 20.6 Å². The summed E-state index contributed by atoms with van der Waals surface area (Å²) in [5.74, 6) is -1.17. The number of aromatic nitrogens is 3. The van der Waals surface area contributed by atoms with Gasteiger partial charge in [-0.05, 0) is 22.6 Å². The minimum atomic E-state index is -0.777. The summed E-state index contributed by atoms with van der Waals surface area (Å²) in [7, 11) is 0. The van der Waals surface area contributed by atoms with E-state index in [0.717, 1.165) is 11.0 Å².